The summed E-state index contributed by atoms with van der Waals surface area (Å²) in [5.74, 6) is 0.594. The van der Waals surface area contributed by atoms with Gasteiger partial charge in [-0.2, -0.15) is 23.5 Å². The molecule has 41 heavy (non-hydrogen) atoms. The first-order valence-corrected chi connectivity index (χ1v) is 12.9. The average molecular weight is 565 g/mol. The van der Waals surface area contributed by atoms with Crippen molar-refractivity contribution >= 4 is 17.0 Å². The van der Waals surface area contributed by atoms with Gasteiger partial charge in [-0.3, -0.25) is 14.5 Å². The van der Waals surface area contributed by atoms with Crippen molar-refractivity contribution in [3.8, 4) is 23.1 Å². The minimum absolute atomic E-state index is 0.00717. The van der Waals surface area contributed by atoms with Crippen LogP contribution >= 0.6 is 0 Å². The number of aryl methyl sites for hydroxylation is 1. The van der Waals surface area contributed by atoms with Crippen molar-refractivity contribution in [3.05, 3.63) is 75.5 Å². The zero-order valence-electron chi connectivity index (χ0n) is 21.7. The van der Waals surface area contributed by atoms with Gasteiger partial charge in [0.05, 0.1) is 40.8 Å². The third-order valence-electron chi connectivity index (χ3n) is 7.42. The van der Waals surface area contributed by atoms with Crippen molar-refractivity contribution in [2.45, 2.75) is 44.6 Å². The second-order valence-electron chi connectivity index (χ2n) is 10.1. The molecule has 2 aromatic carbocycles. The van der Waals surface area contributed by atoms with Crippen molar-refractivity contribution in [2.24, 2.45) is 0 Å². The standard InChI is InChI=1S/C28H23F3N6O4/c1-15-33-22-9-20(23-11-25(35-34-23)28(29,30)31)24(41-19-6-7-36-18(8-19)14-40-27(36)39)10-21(22)26(38)37(15)13-17-4-2-16(12-32)3-5-17/h2-5,9-11,18-19H,6-8,13-14H2,1H3,(H,34,35)/t18-,19-/m0/s1. The topological polar surface area (TPSA) is 126 Å². The molecular weight excluding hydrogens is 541 g/mol. The fourth-order valence-corrected chi connectivity index (χ4v) is 5.26. The van der Waals surface area contributed by atoms with Crippen LogP contribution in [0.5, 0.6) is 5.75 Å². The van der Waals surface area contributed by atoms with Crippen LogP contribution < -0.4 is 10.3 Å². The summed E-state index contributed by atoms with van der Waals surface area (Å²) < 4.78 is 53.0. The maximum atomic E-state index is 13.7. The molecule has 2 atom stereocenters. The van der Waals surface area contributed by atoms with Gasteiger partial charge in [0, 0.05) is 24.9 Å². The number of nitrogens with zero attached hydrogens (tertiary/aromatic N) is 5. The molecular formula is C28H23F3N6O4. The Balaban J connectivity index is 1.42. The molecule has 10 nitrogen and oxygen atoms in total. The van der Waals surface area contributed by atoms with Crippen molar-refractivity contribution in [1.29, 1.82) is 5.26 Å². The van der Waals surface area contributed by atoms with Gasteiger partial charge in [-0.05, 0) is 42.8 Å². The SMILES string of the molecule is Cc1nc2cc(-c3cc(C(F)(F)F)[nH]n3)c(O[C@H]3CCN4C(=O)OC[C@@H]4C3)cc2c(=O)n1Cc1ccc(C#N)cc1. The molecule has 2 aliphatic rings. The normalized spacial score (nSPS) is 18.7. The predicted octanol–water partition coefficient (Wildman–Crippen LogP) is 4.40. The molecule has 2 aromatic heterocycles. The summed E-state index contributed by atoms with van der Waals surface area (Å²) >= 11 is 0. The highest BCUT2D eigenvalue weighted by molar-refractivity contribution is 5.87. The van der Waals surface area contributed by atoms with Gasteiger partial charge in [0.25, 0.3) is 5.56 Å². The van der Waals surface area contributed by atoms with Crippen molar-refractivity contribution in [1.82, 2.24) is 24.6 Å². The number of hydrogen-bond donors (Lipinski definition) is 1. The van der Waals surface area contributed by atoms with E-state index in [2.05, 4.69) is 16.2 Å². The fourth-order valence-electron chi connectivity index (χ4n) is 5.26. The van der Waals surface area contributed by atoms with E-state index in [0.29, 0.717) is 30.8 Å². The average Bonchev–Trinajstić information content (AvgIpc) is 3.59. The van der Waals surface area contributed by atoms with Crippen molar-refractivity contribution < 1.29 is 27.4 Å². The van der Waals surface area contributed by atoms with E-state index in [-0.39, 0.29) is 64.9 Å². The van der Waals surface area contributed by atoms with Gasteiger partial charge in [-0.25, -0.2) is 9.78 Å². The van der Waals surface area contributed by atoms with Crippen LogP contribution in [0.2, 0.25) is 0 Å². The van der Waals surface area contributed by atoms with Crippen LogP contribution in [0, 0.1) is 18.3 Å². The second-order valence-corrected chi connectivity index (χ2v) is 10.1. The van der Waals surface area contributed by atoms with E-state index in [9.17, 15) is 22.8 Å². The number of carbonyl (C=O) groups is 1. The highest BCUT2D eigenvalue weighted by Crippen LogP contribution is 2.37. The molecule has 1 amide bonds. The van der Waals surface area contributed by atoms with Crippen LogP contribution in [0.1, 0.15) is 35.5 Å². The number of fused-ring (bicyclic) bond motifs is 2. The number of hydrogen-bond acceptors (Lipinski definition) is 7. The third-order valence-corrected chi connectivity index (χ3v) is 7.42. The lowest BCUT2D eigenvalue weighted by atomic mass is 10.0. The van der Waals surface area contributed by atoms with Gasteiger partial charge < -0.3 is 14.4 Å². The predicted molar refractivity (Wildman–Crippen MR) is 139 cm³/mol. The van der Waals surface area contributed by atoms with Crippen molar-refractivity contribution in [3.63, 3.8) is 0 Å². The molecule has 0 unspecified atom stereocenters. The number of cyclic esters (lactones) is 1. The number of amides is 1. The van der Waals surface area contributed by atoms with E-state index < -0.39 is 11.9 Å². The molecule has 2 aliphatic heterocycles. The van der Waals surface area contributed by atoms with E-state index in [1.165, 1.54) is 16.7 Å². The van der Waals surface area contributed by atoms with Crippen LogP contribution in [-0.2, 0) is 17.5 Å². The van der Waals surface area contributed by atoms with Crippen LogP contribution in [-0.4, -0.2) is 56.0 Å². The smallest absolute Gasteiger partial charge is 0.432 e. The summed E-state index contributed by atoms with van der Waals surface area (Å²) in [7, 11) is 0. The maximum Gasteiger partial charge on any atom is 0.432 e. The highest BCUT2D eigenvalue weighted by atomic mass is 19.4. The van der Waals surface area contributed by atoms with Gasteiger partial charge in [0.1, 0.15) is 30.0 Å². The Labute approximate surface area is 230 Å². The summed E-state index contributed by atoms with van der Waals surface area (Å²) in [6.07, 6.45) is -4.43. The number of benzene rings is 2. The number of carbonyl (C=O) groups excluding carboxylic acids is 1. The first-order valence-electron chi connectivity index (χ1n) is 12.9. The van der Waals surface area contributed by atoms with Gasteiger partial charge in [0.2, 0.25) is 0 Å². The van der Waals surface area contributed by atoms with Gasteiger partial charge in [0.15, 0.2) is 0 Å². The van der Waals surface area contributed by atoms with E-state index in [0.717, 1.165) is 11.6 Å². The summed E-state index contributed by atoms with van der Waals surface area (Å²) in [6, 6.07) is 12.6. The quantitative estimate of drug-likeness (QED) is 0.381. The Morgan fingerprint density at radius 3 is 2.68 bits per heavy atom. The first-order chi connectivity index (χ1) is 19.6. The molecule has 4 heterocycles. The zero-order valence-corrected chi connectivity index (χ0v) is 21.7. The molecule has 0 radical (unpaired) electrons. The Morgan fingerprint density at radius 1 is 1.20 bits per heavy atom. The number of halogens is 3. The van der Waals surface area contributed by atoms with Crippen LogP contribution in [0.15, 0.2) is 47.3 Å². The third kappa shape index (κ3) is 4.97. The number of nitrogens with one attached hydrogen (secondary N) is 1. The molecule has 4 aromatic rings. The number of ether oxygens (including phenoxy) is 2. The molecule has 2 fully saturated rings. The summed E-state index contributed by atoms with van der Waals surface area (Å²) in [6.45, 7) is 2.53. The van der Waals surface area contributed by atoms with E-state index in [1.807, 2.05) is 5.10 Å². The maximum absolute atomic E-state index is 13.7. The second kappa shape index (κ2) is 9.96. The summed E-state index contributed by atoms with van der Waals surface area (Å²) in [5, 5.41) is 15.2. The first kappa shape index (κ1) is 26.4. The number of alkyl halides is 3. The summed E-state index contributed by atoms with van der Waals surface area (Å²) in [5.41, 5.74) is 0.446. The van der Waals surface area contributed by atoms with Crippen LogP contribution in [0.4, 0.5) is 18.0 Å². The molecule has 0 spiro atoms. The minimum Gasteiger partial charge on any atom is -0.490 e. The van der Waals surface area contributed by atoms with Crippen LogP contribution in [0.3, 0.4) is 0 Å². The Bertz CT molecular complexity index is 1760. The number of aromatic nitrogens is 4. The molecule has 0 saturated carbocycles. The largest absolute Gasteiger partial charge is 0.490 e. The lowest BCUT2D eigenvalue weighted by molar-refractivity contribution is -0.141. The Morgan fingerprint density at radius 2 is 1.98 bits per heavy atom. The van der Waals surface area contributed by atoms with Gasteiger partial charge in [-0.1, -0.05) is 12.1 Å². The van der Waals surface area contributed by atoms with E-state index >= 15 is 0 Å². The molecule has 0 aliphatic carbocycles. The fraction of sp³-hybridized carbons (Fsp3) is 0.321. The Hall–Kier alpha value is -4.86. The summed E-state index contributed by atoms with van der Waals surface area (Å²) in [4.78, 5) is 31.8. The molecule has 2 saturated heterocycles. The van der Waals surface area contributed by atoms with Crippen molar-refractivity contribution in [2.75, 3.05) is 13.2 Å². The van der Waals surface area contributed by atoms with E-state index in [1.54, 1.807) is 36.1 Å². The number of aromatic amines is 1. The molecule has 6 rings (SSSR count). The van der Waals surface area contributed by atoms with Gasteiger partial charge in [-0.15, -0.1) is 0 Å². The Kier molecular flexibility index (Phi) is 6.40. The minimum atomic E-state index is -4.63. The molecule has 0 bridgehead atoms. The van der Waals surface area contributed by atoms with E-state index in [4.69, 9.17) is 14.7 Å². The highest BCUT2D eigenvalue weighted by Gasteiger charge is 2.39. The number of nitriles is 1. The number of H-pyrrole nitrogens is 1. The lowest BCUT2D eigenvalue weighted by Crippen LogP contribution is -2.44. The number of piperidine rings is 1. The zero-order chi connectivity index (χ0) is 28.9. The monoisotopic (exact) mass is 564 g/mol. The van der Waals surface area contributed by atoms with Crippen LogP contribution in [0.25, 0.3) is 22.2 Å². The lowest BCUT2D eigenvalue weighted by Gasteiger charge is -2.33. The van der Waals surface area contributed by atoms with Gasteiger partial charge >= 0.3 is 12.3 Å². The molecule has 13 heteroatoms. The number of rotatable bonds is 5. The molecule has 210 valence electrons. The molecule has 1 N–H and O–H groups in total.